The average molecular weight is 250 g/mol. The highest BCUT2D eigenvalue weighted by Crippen LogP contribution is 2.13. The number of carbonyl (C=O) groups is 1. The molecular weight excluding hydrogens is 232 g/mol. The molecule has 1 fully saturated rings. The lowest BCUT2D eigenvalue weighted by Crippen LogP contribution is -2.48. The normalized spacial score (nSPS) is 18.3. The summed E-state index contributed by atoms with van der Waals surface area (Å²) in [6, 6.07) is -0.493. The first-order valence-corrected chi connectivity index (χ1v) is 6.23. The molecule has 98 valence electrons. The van der Waals surface area contributed by atoms with Gasteiger partial charge in [-0.25, -0.2) is 4.98 Å². The molecule has 1 atom stereocenters. The zero-order valence-corrected chi connectivity index (χ0v) is 10.2. The Hall–Kier alpha value is -1.53. The maximum absolute atomic E-state index is 12.1. The summed E-state index contributed by atoms with van der Waals surface area (Å²) in [6.07, 6.45) is 7.90. The minimum absolute atomic E-state index is 0.175. The monoisotopic (exact) mass is 250 g/mol. The summed E-state index contributed by atoms with van der Waals surface area (Å²) in [5, 5.41) is 12.1. The van der Waals surface area contributed by atoms with Crippen molar-refractivity contribution in [1.82, 2.24) is 14.9 Å². The molecule has 1 unspecified atom stereocenters. The van der Waals surface area contributed by atoms with Crippen LogP contribution in [-0.2, 0) is 4.79 Å². The number of nitrogens with zero attached hydrogens (tertiary/aromatic N) is 3. The summed E-state index contributed by atoms with van der Waals surface area (Å²) in [6.45, 7) is 1.55. The second-order valence-electron chi connectivity index (χ2n) is 4.37. The van der Waals surface area contributed by atoms with Crippen molar-refractivity contribution in [3.63, 3.8) is 0 Å². The SMILES string of the molecule is O=C(Nc1cnccn1)C(CO)N1CCCCC1. The Morgan fingerprint density at radius 3 is 2.78 bits per heavy atom. The summed E-state index contributed by atoms with van der Waals surface area (Å²) in [5.74, 6) is 0.192. The largest absolute Gasteiger partial charge is 0.394 e. The van der Waals surface area contributed by atoms with E-state index < -0.39 is 6.04 Å². The zero-order valence-electron chi connectivity index (χ0n) is 10.2. The molecule has 2 N–H and O–H groups in total. The fraction of sp³-hybridized carbons (Fsp3) is 0.583. The Balaban J connectivity index is 1.96. The topological polar surface area (TPSA) is 78.3 Å². The third-order valence-corrected chi connectivity index (χ3v) is 3.12. The van der Waals surface area contributed by atoms with Crippen LogP contribution in [0.15, 0.2) is 18.6 Å². The van der Waals surface area contributed by atoms with Crippen LogP contribution >= 0.6 is 0 Å². The highest BCUT2D eigenvalue weighted by Gasteiger charge is 2.26. The number of carbonyl (C=O) groups excluding carboxylic acids is 1. The molecule has 1 amide bonds. The lowest BCUT2D eigenvalue weighted by atomic mass is 10.1. The Labute approximate surface area is 106 Å². The van der Waals surface area contributed by atoms with E-state index in [0.717, 1.165) is 25.9 Å². The number of aromatic nitrogens is 2. The lowest BCUT2D eigenvalue weighted by Gasteiger charge is -2.32. The van der Waals surface area contributed by atoms with E-state index in [0.29, 0.717) is 5.82 Å². The van der Waals surface area contributed by atoms with Gasteiger partial charge in [0.15, 0.2) is 5.82 Å². The van der Waals surface area contributed by atoms with Crippen LogP contribution < -0.4 is 5.32 Å². The van der Waals surface area contributed by atoms with Crippen LogP contribution in [0.1, 0.15) is 19.3 Å². The molecule has 1 aromatic heterocycles. The highest BCUT2D eigenvalue weighted by molar-refractivity contribution is 5.94. The first kappa shape index (κ1) is 12.9. The minimum Gasteiger partial charge on any atom is -0.394 e. The van der Waals surface area contributed by atoms with Crippen molar-refractivity contribution in [3.05, 3.63) is 18.6 Å². The molecular formula is C12H18N4O2. The first-order chi connectivity index (χ1) is 8.81. The summed E-state index contributed by atoms with van der Waals surface area (Å²) < 4.78 is 0. The predicted molar refractivity (Wildman–Crippen MR) is 67.0 cm³/mol. The second-order valence-corrected chi connectivity index (χ2v) is 4.37. The van der Waals surface area contributed by atoms with Gasteiger partial charge in [-0.05, 0) is 25.9 Å². The molecule has 2 heterocycles. The molecule has 1 saturated heterocycles. The number of anilines is 1. The molecule has 0 radical (unpaired) electrons. The van der Waals surface area contributed by atoms with Crippen LogP contribution in [-0.4, -0.2) is 51.6 Å². The van der Waals surface area contributed by atoms with Crippen molar-refractivity contribution < 1.29 is 9.90 Å². The second kappa shape index (κ2) is 6.42. The van der Waals surface area contributed by atoms with Crippen molar-refractivity contribution in [2.45, 2.75) is 25.3 Å². The van der Waals surface area contributed by atoms with Crippen LogP contribution in [0.3, 0.4) is 0 Å². The van der Waals surface area contributed by atoms with Crippen molar-refractivity contribution in [2.75, 3.05) is 25.0 Å². The van der Waals surface area contributed by atoms with Crippen molar-refractivity contribution in [2.24, 2.45) is 0 Å². The molecule has 0 spiro atoms. The van der Waals surface area contributed by atoms with Crippen LogP contribution in [0.25, 0.3) is 0 Å². The summed E-state index contributed by atoms with van der Waals surface area (Å²) >= 11 is 0. The quantitative estimate of drug-likeness (QED) is 0.801. The van der Waals surface area contributed by atoms with E-state index in [9.17, 15) is 9.90 Å². The van der Waals surface area contributed by atoms with E-state index in [-0.39, 0.29) is 12.5 Å². The molecule has 6 nitrogen and oxygen atoms in total. The van der Waals surface area contributed by atoms with Gasteiger partial charge in [0.2, 0.25) is 5.91 Å². The van der Waals surface area contributed by atoms with Crippen molar-refractivity contribution in [3.8, 4) is 0 Å². The van der Waals surface area contributed by atoms with E-state index in [4.69, 9.17) is 0 Å². The van der Waals surface area contributed by atoms with E-state index in [1.165, 1.54) is 18.8 Å². The fourth-order valence-corrected chi connectivity index (χ4v) is 2.17. The van der Waals surface area contributed by atoms with E-state index in [1.807, 2.05) is 4.90 Å². The standard InChI is InChI=1S/C12H18N4O2/c17-9-10(16-6-2-1-3-7-16)12(18)15-11-8-13-4-5-14-11/h4-5,8,10,17H,1-3,6-7,9H2,(H,14,15,18). The van der Waals surface area contributed by atoms with Gasteiger partial charge in [-0.15, -0.1) is 0 Å². The van der Waals surface area contributed by atoms with Crippen molar-refractivity contribution in [1.29, 1.82) is 0 Å². The number of rotatable bonds is 4. The van der Waals surface area contributed by atoms with Gasteiger partial charge < -0.3 is 10.4 Å². The van der Waals surface area contributed by atoms with Gasteiger partial charge in [0.05, 0.1) is 12.8 Å². The molecule has 0 saturated carbocycles. The van der Waals surface area contributed by atoms with Gasteiger partial charge in [-0.3, -0.25) is 14.7 Å². The molecule has 0 bridgehead atoms. The van der Waals surface area contributed by atoms with Crippen LogP contribution in [0.2, 0.25) is 0 Å². The van der Waals surface area contributed by atoms with Gasteiger partial charge in [0.1, 0.15) is 6.04 Å². The van der Waals surface area contributed by atoms with Gasteiger partial charge in [-0.2, -0.15) is 0 Å². The zero-order chi connectivity index (χ0) is 12.8. The number of amides is 1. The lowest BCUT2D eigenvalue weighted by molar-refractivity contribution is -0.123. The molecule has 18 heavy (non-hydrogen) atoms. The number of hydrogen-bond acceptors (Lipinski definition) is 5. The third-order valence-electron chi connectivity index (χ3n) is 3.12. The Morgan fingerprint density at radius 1 is 1.39 bits per heavy atom. The molecule has 0 aliphatic carbocycles. The maximum Gasteiger partial charge on any atom is 0.245 e. The van der Waals surface area contributed by atoms with Gasteiger partial charge in [0.25, 0.3) is 0 Å². The summed E-state index contributed by atoms with van der Waals surface area (Å²) in [7, 11) is 0. The van der Waals surface area contributed by atoms with Crippen LogP contribution in [0.4, 0.5) is 5.82 Å². The number of hydrogen-bond donors (Lipinski definition) is 2. The minimum atomic E-state index is -0.493. The van der Waals surface area contributed by atoms with Gasteiger partial charge in [-0.1, -0.05) is 6.42 Å². The number of aliphatic hydroxyl groups is 1. The molecule has 2 rings (SSSR count). The van der Waals surface area contributed by atoms with Crippen LogP contribution in [0, 0.1) is 0 Å². The summed E-state index contributed by atoms with van der Waals surface area (Å²) in [5.41, 5.74) is 0. The third kappa shape index (κ3) is 3.24. The summed E-state index contributed by atoms with van der Waals surface area (Å²) in [4.78, 5) is 22.0. The fourth-order valence-electron chi connectivity index (χ4n) is 2.17. The molecule has 6 heteroatoms. The van der Waals surface area contributed by atoms with E-state index in [2.05, 4.69) is 15.3 Å². The maximum atomic E-state index is 12.1. The van der Waals surface area contributed by atoms with Crippen molar-refractivity contribution >= 4 is 11.7 Å². The Morgan fingerprint density at radius 2 is 2.17 bits per heavy atom. The van der Waals surface area contributed by atoms with E-state index in [1.54, 1.807) is 6.20 Å². The van der Waals surface area contributed by atoms with Crippen LogP contribution in [0.5, 0.6) is 0 Å². The molecule has 1 aliphatic heterocycles. The van der Waals surface area contributed by atoms with E-state index >= 15 is 0 Å². The number of aliphatic hydroxyl groups excluding tert-OH is 1. The molecule has 0 aromatic carbocycles. The average Bonchev–Trinajstić information content (AvgIpc) is 2.42. The molecule has 1 aromatic rings. The Kier molecular flexibility index (Phi) is 4.60. The van der Waals surface area contributed by atoms with Gasteiger partial charge in [0, 0.05) is 12.4 Å². The number of likely N-dealkylation sites (tertiary alicyclic amines) is 1. The first-order valence-electron chi connectivity index (χ1n) is 6.23. The van der Waals surface area contributed by atoms with Gasteiger partial charge >= 0.3 is 0 Å². The number of nitrogens with one attached hydrogen (secondary N) is 1. The highest BCUT2D eigenvalue weighted by atomic mass is 16.3. The Bertz CT molecular complexity index is 379. The number of piperidine rings is 1. The smallest absolute Gasteiger partial charge is 0.245 e. The molecule has 1 aliphatic rings. The predicted octanol–water partition coefficient (Wildman–Crippen LogP) is 0.262.